The van der Waals surface area contributed by atoms with E-state index in [-0.39, 0.29) is 36.6 Å². The number of hydrogen-bond donors (Lipinski definition) is 2. The Morgan fingerprint density at radius 2 is 2.25 bits per heavy atom. The van der Waals surface area contributed by atoms with Crippen molar-refractivity contribution in [2.24, 2.45) is 5.92 Å². The third kappa shape index (κ3) is 4.89. The number of hydrogen-bond acceptors (Lipinski definition) is 4. The van der Waals surface area contributed by atoms with Crippen LogP contribution in [0.1, 0.15) is 35.9 Å². The Kier molecular flexibility index (Phi) is 7.19. The van der Waals surface area contributed by atoms with E-state index < -0.39 is 0 Å². The van der Waals surface area contributed by atoms with Gasteiger partial charge in [0.05, 0.1) is 4.88 Å². The Balaban J connectivity index is 0.00000200. The molecule has 1 aliphatic heterocycles. The summed E-state index contributed by atoms with van der Waals surface area (Å²) in [5.74, 6) is 0.531. The van der Waals surface area contributed by atoms with Crippen molar-refractivity contribution in [1.82, 2.24) is 10.6 Å². The van der Waals surface area contributed by atoms with E-state index >= 15 is 0 Å². The Bertz CT molecular complexity index is 436. The van der Waals surface area contributed by atoms with E-state index in [1.807, 2.05) is 11.4 Å². The molecule has 1 aromatic heterocycles. The Hall–Kier alpha value is -0.910. The van der Waals surface area contributed by atoms with Crippen LogP contribution in [0.4, 0.5) is 0 Å². The van der Waals surface area contributed by atoms with Crippen molar-refractivity contribution in [3.8, 4) is 0 Å². The molecule has 0 radical (unpaired) electrons. The first-order chi connectivity index (χ1) is 9.16. The monoisotopic (exact) mass is 316 g/mol. The summed E-state index contributed by atoms with van der Waals surface area (Å²) in [5.41, 5.74) is 0. The number of carbonyl (C=O) groups is 2. The van der Waals surface area contributed by atoms with Crippen LogP contribution in [0.2, 0.25) is 0 Å². The molecule has 6 heteroatoms. The van der Waals surface area contributed by atoms with E-state index in [1.165, 1.54) is 11.3 Å². The normalized spacial score (nSPS) is 21.9. The lowest BCUT2D eigenvalue weighted by atomic mass is 9.94. The van der Waals surface area contributed by atoms with Gasteiger partial charge in [0.2, 0.25) is 5.91 Å². The van der Waals surface area contributed by atoms with Crippen molar-refractivity contribution in [1.29, 1.82) is 0 Å². The fourth-order valence-corrected chi connectivity index (χ4v) is 2.94. The minimum atomic E-state index is -0.0227. The number of nitrogens with one attached hydrogen (secondary N) is 2. The number of piperidine rings is 1. The van der Waals surface area contributed by atoms with Gasteiger partial charge in [-0.3, -0.25) is 9.59 Å². The third-order valence-electron chi connectivity index (χ3n) is 3.55. The van der Waals surface area contributed by atoms with Crippen LogP contribution in [0.3, 0.4) is 0 Å². The predicted octanol–water partition coefficient (Wildman–Crippen LogP) is 2.25. The molecule has 0 spiro atoms. The lowest BCUT2D eigenvalue weighted by molar-refractivity contribution is -0.122. The van der Waals surface area contributed by atoms with E-state index in [1.54, 1.807) is 6.07 Å². The zero-order chi connectivity index (χ0) is 13.7. The maximum Gasteiger partial charge on any atom is 0.220 e. The van der Waals surface area contributed by atoms with Gasteiger partial charge in [-0.2, -0.15) is 0 Å². The fraction of sp³-hybridized carbons (Fsp3) is 0.571. The molecule has 2 N–H and O–H groups in total. The van der Waals surface area contributed by atoms with Crippen molar-refractivity contribution in [3.63, 3.8) is 0 Å². The summed E-state index contributed by atoms with van der Waals surface area (Å²) >= 11 is 1.43. The van der Waals surface area contributed by atoms with Crippen LogP contribution in [0, 0.1) is 5.92 Å². The summed E-state index contributed by atoms with van der Waals surface area (Å²) in [6, 6.07) is 3.85. The van der Waals surface area contributed by atoms with Gasteiger partial charge in [-0.15, -0.1) is 23.7 Å². The molecule has 2 rings (SSSR count). The number of Topliss-reactive ketones (excluding diaryl/α,β-unsaturated/α-hetero) is 1. The van der Waals surface area contributed by atoms with Crippen LogP contribution < -0.4 is 10.6 Å². The number of carbonyl (C=O) groups excluding carboxylic acids is 2. The molecule has 0 saturated carbocycles. The van der Waals surface area contributed by atoms with Gasteiger partial charge in [-0.25, -0.2) is 0 Å². The second-order valence-corrected chi connectivity index (χ2v) is 5.99. The van der Waals surface area contributed by atoms with Gasteiger partial charge >= 0.3 is 0 Å². The zero-order valence-electron chi connectivity index (χ0n) is 11.6. The third-order valence-corrected chi connectivity index (χ3v) is 4.46. The molecule has 1 saturated heterocycles. The molecule has 0 aliphatic carbocycles. The molecule has 0 bridgehead atoms. The Morgan fingerprint density at radius 3 is 2.90 bits per heavy atom. The highest BCUT2D eigenvalue weighted by atomic mass is 35.5. The van der Waals surface area contributed by atoms with E-state index in [4.69, 9.17) is 0 Å². The van der Waals surface area contributed by atoms with Crippen LogP contribution in [0.15, 0.2) is 17.5 Å². The molecule has 1 aliphatic rings. The summed E-state index contributed by atoms with van der Waals surface area (Å²) in [4.78, 5) is 24.4. The van der Waals surface area contributed by atoms with Gasteiger partial charge in [-0.1, -0.05) is 13.0 Å². The average molecular weight is 317 g/mol. The van der Waals surface area contributed by atoms with Crippen LogP contribution in [-0.4, -0.2) is 30.8 Å². The number of thiophene rings is 1. The number of ketones is 1. The Labute approximate surface area is 129 Å². The number of rotatable bonds is 5. The van der Waals surface area contributed by atoms with Gasteiger partial charge in [0.25, 0.3) is 0 Å². The van der Waals surface area contributed by atoms with Gasteiger partial charge in [-0.05, 0) is 30.3 Å². The van der Waals surface area contributed by atoms with Crippen molar-refractivity contribution >= 4 is 35.4 Å². The van der Waals surface area contributed by atoms with Gasteiger partial charge in [0.1, 0.15) is 0 Å². The van der Waals surface area contributed by atoms with E-state index in [2.05, 4.69) is 17.6 Å². The standard InChI is InChI=1S/C14H20N2O2S.ClH/c1-10-6-7-15-9-11(10)16-14(18)5-4-12(17)13-3-2-8-19-13;/h2-3,8,10-11,15H,4-7,9H2,1H3,(H,16,18);1H. The van der Waals surface area contributed by atoms with Gasteiger partial charge in [0, 0.05) is 25.4 Å². The van der Waals surface area contributed by atoms with Crippen molar-refractivity contribution in [2.75, 3.05) is 13.1 Å². The Morgan fingerprint density at radius 1 is 1.45 bits per heavy atom. The molecule has 20 heavy (non-hydrogen) atoms. The maximum absolute atomic E-state index is 11.8. The first-order valence-corrected chi connectivity index (χ1v) is 7.61. The summed E-state index contributed by atoms with van der Waals surface area (Å²) in [6.45, 7) is 4.00. The number of amides is 1. The molecular weight excluding hydrogens is 296 g/mol. The van der Waals surface area contributed by atoms with Gasteiger partial charge < -0.3 is 10.6 Å². The molecule has 0 aromatic carbocycles. The average Bonchev–Trinajstić information content (AvgIpc) is 2.93. The minimum Gasteiger partial charge on any atom is -0.352 e. The highest BCUT2D eigenvalue weighted by Crippen LogP contribution is 2.13. The summed E-state index contributed by atoms with van der Waals surface area (Å²) < 4.78 is 0. The van der Waals surface area contributed by atoms with E-state index in [9.17, 15) is 9.59 Å². The van der Waals surface area contributed by atoms with E-state index in [0.717, 1.165) is 24.4 Å². The highest BCUT2D eigenvalue weighted by molar-refractivity contribution is 7.12. The first kappa shape index (κ1) is 17.1. The second-order valence-electron chi connectivity index (χ2n) is 5.04. The fourth-order valence-electron chi connectivity index (χ4n) is 2.25. The molecule has 1 amide bonds. The van der Waals surface area contributed by atoms with Crippen molar-refractivity contribution in [2.45, 2.75) is 32.2 Å². The number of halogens is 1. The molecule has 2 unspecified atom stereocenters. The lowest BCUT2D eigenvalue weighted by Crippen LogP contribution is -2.50. The molecular formula is C14H21ClN2O2S. The van der Waals surface area contributed by atoms with Crippen LogP contribution >= 0.6 is 23.7 Å². The quantitative estimate of drug-likeness (QED) is 0.819. The van der Waals surface area contributed by atoms with Gasteiger partial charge in [0.15, 0.2) is 5.78 Å². The van der Waals surface area contributed by atoms with Crippen LogP contribution in [0.5, 0.6) is 0 Å². The van der Waals surface area contributed by atoms with Crippen LogP contribution in [-0.2, 0) is 4.79 Å². The molecule has 1 fully saturated rings. The highest BCUT2D eigenvalue weighted by Gasteiger charge is 2.22. The zero-order valence-corrected chi connectivity index (χ0v) is 13.2. The van der Waals surface area contributed by atoms with Crippen molar-refractivity contribution in [3.05, 3.63) is 22.4 Å². The van der Waals surface area contributed by atoms with Crippen LogP contribution in [0.25, 0.3) is 0 Å². The largest absolute Gasteiger partial charge is 0.352 e. The molecule has 1 aromatic rings. The predicted molar refractivity (Wildman–Crippen MR) is 83.7 cm³/mol. The minimum absolute atomic E-state index is 0. The molecule has 2 heterocycles. The second kappa shape index (κ2) is 8.39. The summed E-state index contributed by atoms with van der Waals surface area (Å²) in [5, 5.41) is 8.17. The SMILES string of the molecule is CC1CCNCC1NC(=O)CCC(=O)c1cccs1.Cl. The topological polar surface area (TPSA) is 58.2 Å². The lowest BCUT2D eigenvalue weighted by Gasteiger charge is -2.30. The smallest absolute Gasteiger partial charge is 0.220 e. The van der Waals surface area contributed by atoms with Crippen molar-refractivity contribution < 1.29 is 9.59 Å². The summed E-state index contributed by atoms with van der Waals surface area (Å²) in [7, 11) is 0. The summed E-state index contributed by atoms with van der Waals surface area (Å²) in [6.07, 6.45) is 1.65. The molecule has 2 atom stereocenters. The molecule has 112 valence electrons. The maximum atomic E-state index is 11.8. The molecule has 4 nitrogen and oxygen atoms in total. The first-order valence-electron chi connectivity index (χ1n) is 6.73. The van der Waals surface area contributed by atoms with E-state index in [0.29, 0.717) is 12.3 Å².